The number of benzene rings is 1. The van der Waals surface area contributed by atoms with Gasteiger partial charge in [0.25, 0.3) is 0 Å². The summed E-state index contributed by atoms with van der Waals surface area (Å²) in [5.74, 6) is 1.52. The number of pyridine rings is 2. The fraction of sp³-hybridized carbons (Fsp3) is 0.280. The maximum atomic E-state index is 5.83. The number of hydrogen-bond donors (Lipinski definition) is 1. The quantitative estimate of drug-likeness (QED) is 0.481. The van der Waals surface area contributed by atoms with Crippen LogP contribution in [0.25, 0.3) is 5.65 Å². The van der Waals surface area contributed by atoms with Gasteiger partial charge in [0.05, 0.1) is 20.3 Å². The zero-order valence-electron chi connectivity index (χ0n) is 18.3. The van der Waals surface area contributed by atoms with E-state index >= 15 is 0 Å². The number of nitrogens with zero attached hydrogens (tertiary/aromatic N) is 4. The van der Waals surface area contributed by atoms with E-state index in [0.29, 0.717) is 0 Å². The van der Waals surface area contributed by atoms with Crippen molar-refractivity contribution in [3.05, 3.63) is 84.6 Å². The van der Waals surface area contributed by atoms with Gasteiger partial charge in [-0.3, -0.25) is 4.98 Å². The Morgan fingerprint density at radius 1 is 1.06 bits per heavy atom. The third kappa shape index (κ3) is 3.76. The molecular weight excluding hydrogens is 402 g/mol. The molecule has 32 heavy (non-hydrogen) atoms. The second kappa shape index (κ2) is 8.88. The average Bonchev–Trinajstić information content (AvgIpc) is 3.49. The molecule has 1 saturated heterocycles. The molecule has 4 heterocycles. The molecule has 1 aromatic carbocycles. The number of para-hydroxylation sites is 1. The fourth-order valence-electron chi connectivity index (χ4n) is 4.66. The van der Waals surface area contributed by atoms with Crippen LogP contribution in [0.5, 0.6) is 11.5 Å². The van der Waals surface area contributed by atoms with Gasteiger partial charge in [-0.05, 0) is 30.2 Å². The Morgan fingerprint density at radius 2 is 2.00 bits per heavy atom. The van der Waals surface area contributed by atoms with Crippen LogP contribution in [0.4, 0.5) is 5.69 Å². The van der Waals surface area contributed by atoms with Crippen LogP contribution in [0.15, 0.2) is 73.4 Å². The molecule has 7 nitrogen and oxygen atoms in total. The van der Waals surface area contributed by atoms with Gasteiger partial charge in [0, 0.05) is 67.4 Å². The highest BCUT2D eigenvalue weighted by Crippen LogP contribution is 2.43. The Hall–Kier alpha value is -3.58. The van der Waals surface area contributed by atoms with Gasteiger partial charge in [0.2, 0.25) is 0 Å². The highest BCUT2D eigenvalue weighted by molar-refractivity contribution is 5.60. The van der Waals surface area contributed by atoms with E-state index in [1.807, 2.05) is 41.2 Å². The molecule has 2 unspecified atom stereocenters. The first-order valence-corrected chi connectivity index (χ1v) is 10.8. The van der Waals surface area contributed by atoms with Crippen molar-refractivity contribution in [1.29, 1.82) is 0 Å². The van der Waals surface area contributed by atoms with Crippen molar-refractivity contribution in [2.24, 2.45) is 0 Å². The maximum absolute atomic E-state index is 5.83. The standard InChI is InChI=1S/C25H27N5O2/c1-31-22-7-3-6-20(25(22)32-2)24-21(28-17-18-5-4-10-26-16-18)9-13-30(24)19-8-12-29-14-11-27-23(29)15-19/h3-8,10-12,14-16,21,24,28H,9,13,17H2,1-2H3. The minimum Gasteiger partial charge on any atom is -0.493 e. The number of imidazole rings is 1. The van der Waals surface area contributed by atoms with Crippen LogP contribution in [0.2, 0.25) is 0 Å². The molecule has 0 radical (unpaired) electrons. The van der Waals surface area contributed by atoms with Gasteiger partial charge in [-0.1, -0.05) is 18.2 Å². The number of ether oxygens (including phenoxy) is 2. The molecule has 0 bridgehead atoms. The number of hydrogen-bond acceptors (Lipinski definition) is 6. The van der Waals surface area contributed by atoms with Crippen molar-refractivity contribution < 1.29 is 9.47 Å². The van der Waals surface area contributed by atoms with Gasteiger partial charge < -0.3 is 24.1 Å². The predicted octanol–water partition coefficient (Wildman–Crippen LogP) is 3.86. The van der Waals surface area contributed by atoms with Crippen LogP contribution in [-0.4, -0.2) is 41.2 Å². The topological polar surface area (TPSA) is 63.9 Å². The molecule has 7 heteroatoms. The van der Waals surface area contributed by atoms with Crippen LogP contribution in [-0.2, 0) is 6.54 Å². The SMILES string of the molecule is COc1cccc(C2C(NCc3cccnc3)CCN2c2ccn3ccnc3c2)c1OC. The van der Waals surface area contributed by atoms with E-state index in [9.17, 15) is 0 Å². The zero-order valence-corrected chi connectivity index (χ0v) is 18.3. The summed E-state index contributed by atoms with van der Waals surface area (Å²) < 4.78 is 13.5. The lowest BCUT2D eigenvalue weighted by atomic mass is 9.98. The number of rotatable bonds is 7. The summed E-state index contributed by atoms with van der Waals surface area (Å²) in [6.45, 7) is 1.68. The molecule has 1 aliphatic heterocycles. The van der Waals surface area contributed by atoms with E-state index in [0.717, 1.165) is 47.9 Å². The summed E-state index contributed by atoms with van der Waals surface area (Å²) in [7, 11) is 3.38. The van der Waals surface area contributed by atoms with Gasteiger partial charge in [0.15, 0.2) is 11.5 Å². The monoisotopic (exact) mass is 429 g/mol. The van der Waals surface area contributed by atoms with Crippen LogP contribution in [0, 0.1) is 0 Å². The zero-order chi connectivity index (χ0) is 21.9. The van der Waals surface area contributed by atoms with Crippen molar-refractivity contribution >= 4 is 11.3 Å². The number of nitrogens with one attached hydrogen (secondary N) is 1. The van der Waals surface area contributed by atoms with Crippen molar-refractivity contribution in [3.8, 4) is 11.5 Å². The fourth-order valence-corrected chi connectivity index (χ4v) is 4.66. The Morgan fingerprint density at radius 3 is 2.81 bits per heavy atom. The molecule has 4 aromatic rings. The molecular formula is C25H27N5O2. The molecule has 0 saturated carbocycles. The molecule has 0 aliphatic carbocycles. The summed E-state index contributed by atoms with van der Waals surface area (Å²) >= 11 is 0. The van der Waals surface area contributed by atoms with Crippen molar-refractivity contribution in [1.82, 2.24) is 19.7 Å². The number of anilines is 1. The second-order valence-electron chi connectivity index (χ2n) is 7.94. The van der Waals surface area contributed by atoms with Gasteiger partial charge in [-0.15, -0.1) is 0 Å². The summed E-state index contributed by atoms with van der Waals surface area (Å²) in [6.07, 6.45) is 10.6. The van der Waals surface area contributed by atoms with E-state index in [4.69, 9.17) is 9.47 Å². The Labute approximate surface area is 187 Å². The van der Waals surface area contributed by atoms with Crippen molar-refractivity contribution in [3.63, 3.8) is 0 Å². The van der Waals surface area contributed by atoms with E-state index in [1.54, 1.807) is 20.4 Å². The highest BCUT2D eigenvalue weighted by atomic mass is 16.5. The van der Waals surface area contributed by atoms with E-state index < -0.39 is 0 Å². The molecule has 3 aromatic heterocycles. The van der Waals surface area contributed by atoms with Crippen LogP contribution >= 0.6 is 0 Å². The largest absolute Gasteiger partial charge is 0.493 e. The minimum atomic E-state index is 0.0779. The van der Waals surface area contributed by atoms with Crippen molar-refractivity contribution in [2.75, 3.05) is 25.7 Å². The molecule has 1 aliphatic rings. The summed E-state index contributed by atoms with van der Waals surface area (Å²) in [5.41, 5.74) is 4.35. The predicted molar refractivity (Wildman–Crippen MR) is 124 cm³/mol. The minimum absolute atomic E-state index is 0.0779. The smallest absolute Gasteiger partial charge is 0.166 e. The molecule has 1 N–H and O–H groups in total. The van der Waals surface area contributed by atoms with Gasteiger partial charge >= 0.3 is 0 Å². The first-order chi connectivity index (χ1) is 15.8. The Balaban J connectivity index is 1.53. The first-order valence-electron chi connectivity index (χ1n) is 10.8. The van der Waals surface area contributed by atoms with E-state index in [2.05, 4.69) is 50.6 Å². The molecule has 164 valence electrons. The van der Waals surface area contributed by atoms with Crippen LogP contribution < -0.4 is 19.7 Å². The van der Waals surface area contributed by atoms with Crippen molar-refractivity contribution in [2.45, 2.75) is 25.0 Å². The summed E-state index contributed by atoms with van der Waals surface area (Å²) in [6, 6.07) is 14.8. The molecule has 5 rings (SSSR count). The first kappa shape index (κ1) is 20.3. The third-order valence-corrected chi connectivity index (χ3v) is 6.15. The average molecular weight is 430 g/mol. The van der Waals surface area contributed by atoms with E-state index in [1.165, 1.54) is 5.56 Å². The Kier molecular flexibility index (Phi) is 5.64. The van der Waals surface area contributed by atoms with Gasteiger partial charge in [-0.2, -0.15) is 0 Å². The normalized spacial score (nSPS) is 18.2. The Bertz CT molecular complexity index is 1190. The molecule has 0 amide bonds. The summed E-state index contributed by atoms with van der Waals surface area (Å²) in [5, 5.41) is 3.77. The number of fused-ring (bicyclic) bond motifs is 1. The summed E-state index contributed by atoms with van der Waals surface area (Å²) in [4.78, 5) is 11.2. The second-order valence-corrected chi connectivity index (χ2v) is 7.94. The number of methoxy groups -OCH3 is 2. The van der Waals surface area contributed by atoms with Gasteiger partial charge in [-0.25, -0.2) is 4.98 Å². The van der Waals surface area contributed by atoms with E-state index in [-0.39, 0.29) is 12.1 Å². The molecule has 0 spiro atoms. The number of aromatic nitrogens is 3. The lowest BCUT2D eigenvalue weighted by Crippen LogP contribution is -2.36. The third-order valence-electron chi connectivity index (χ3n) is 6.15. The van der Waals surface area contributed by atoms with Gasteiger partial charge in [0.1, 0.15) is 5.65 Å². The lowest BCUT2D eigenvalue weighted by Gasteiger charge is -2.32. The highest BCUT2D eigenvalue weighted by Gasteiger charge is 2.37. The lowest BCUT2D eigenvalue weighted by molar-refractivity contribution is 0.346. The van der Waals surface area contributed by atoms with Crippen LogP contribution in [0.1, 0.15) is 23.6 Å². The maximum Gasteiger partial charge on any atom is 0.166 e. The van der Waals surface area contributed by atoms with Crippen LogP contribution in [0.3, 0.4) is 0 Å². The molecule has 2 atom stereocenters. The molecule has 1 fully saturated rings.